The third-order valence-corrected chi connectivity index (χ3v) is 9.85. The van der Waals surface area contributed by atoms with Crippen molar-refractivity contribution >= 4 is 38.6 Å². The Bertz CT molecular complexity index is 923. The van der Waals surface area contributed by atoms with E-state index < -0.39 is 10.0 Å². The standard InChI is InChI=1S/C19H25N3O3S3/c1-14-6-7-17(27-14)28(24,25)22-10-3-5-16(13-22)19(23)21-9-2-4-15(12-21)18-20-8-11-26-18/h6-8,11,15-16H,2-5,9-10,12-13H2,1H3. The zero-order chi connectivity index (χ0) is 19.7. The van der Waals surface area contributed by atoms with Crippen LogP contribution in [-0.2, 0) is 14.8 Å². The Balaban J connectivity index is 1.44. The highest BCUT2D eigenvalue weighted by Gasteiger charge is 2.37. The summed E-state index contributed by atoms with van der Waals surface area (Å²) >= 11 is 2.94. The van der Waals surface area contributed by atoms with Gasteiger partial charge in [-0.05, 0) is 44.7 Å². The lowest BCUT2D eigenvalue weighted by Crippen LogP contribution is -2.48. The van der Waals surface area contributed by atoms with Crippen LogP contribution < -0.4 is 0 Å². The molecule has 0 radical (unpaired) electrons. The molecule has 2 saturated heterocycles. The number of hydrogen-bond acceptors (Lipinski definition) is 6. The number of thiophene rings is 1. The second-order valence-corrected chi connectivity index (χ2v) is 11.9. The summed E-state index contributed by atoms with van der Waals surface area (Å²) in [6, 6.07) is 3.50. The highest BCUT2D eigenvalue weighted by atomic mass is 32.2. The van der Waals surface area contributed by atoms with Crippen molar-refractivity contribution in [2.45, 2.75) is 42.7 Å². The predicted octanol–water partition coefficient (Wildman–Crippen LogP) is 3.32. The Labute approximate surface area is 174 Å². The van der Waals surface area contributed by atoms with Gasteiger partial charge >= 0.3 is 0 Å². The van der Waals surface area contributed by atoms with Crippen LogP contribution in [0.4, 0.5) is 0 Å². The van der Waals surface area contributed by atoms with Gasteiger partial charge in [-0.25, -0.2) is 13.4 Å². The lowest BCUT2D eigenvalue weighted by Gasteiger charge is -2.37. The number of likely N-dealkylation sites (tertiary alicyclic amines) is 1. The fraction of sp³-hybridized carbons (Fsp3) is 0.579. The smallest absolute Gasteiger partial charge is 0.252 e. The zero-order valence-corrected chi connectivity index (χ0v) is 18.4. The van der Waals surface area contributed by atoms with Gasteiger partial charge in [-0.1, -0.05) is 0 Å². The van der Waals surface area contributed by atoms with Gasteiger partial charge in [0.25, 0.3) is 10.0 Å². The number of sulfonamides is 1. The van der Waals surface area contributed by atoms with Crippen LogP contribution in [-0.4, -0.2) is 54.7 Å². The molecule has 0 spiro atoms. The number of carbonyl (C=O) groups is 1. The van der Waals surface area contributed by atoms with Crippen LogP contribution in [0, 0.1) is 12.8 Å². The highest BCUT2D eigenvalue weighted by molar-refractivity contribution is 7.91. The van der Waals surface area contributed by atoms with E-state index in [0.717, 1.165) is 42.1 Å². The molecule has 0 aliphatic carbocycles. The number of aromatic nitrogens is 1. The topological polar surface area (TPSA) is 70.6 Å². The Hall–Kier alpha value is -1.29. The minimum Gasteiger partial charge on any atom is -0.342 e. The van der Waals surface area contributed by atoms with Crippen molar-refractivity contribution in [3.8, 4) is 0 Å². The second kappa shape index (κ2) is 8.22. The summed E-state index contributed by atoms with van der Waals surface area (Å²) in [5.74, 6) is 0.151. The fourth-order valence-electron chi connectivity index (χ4n) is 4.11. The van der Waals surface area contributed by atoms with Crippen LogP contribution in [0.15, 0.2) is 27.9 Å². The van der Waals surface area contributed by atoms with E-state index in [1.165, 1.54) is 15.6 Å². The molecule has 2 fully saturated rings. The van der Waals surface area contributed by atoms with Crippen molar-refractivity contribution in [2.75, 3.05) is 26.2 Å². The first-order valence-electron chi connectivity index (χ1n) is 9.70. The van der Waals surface area contributed by atoms with Crippen LogP contribution in [0.1, 0.15) is 41.5 Å². The molecule has 1 amide bonds. The van der Waals surface area contributed by atoms with Crippen molar-refractivity contribution in [1.82, 2.24) is 14.2 Å². The monoisotopic (exact) mass is 439 g/mol. The maximum Gasteiger partial charge on any atom is 0.252 e. The summed E-state index contributed by atoms with van der Waals surface area (Å²) < 4.78 is 27.8. The first-order chi connectivity index (χ1) is 13.4. The molecule has 9 heteroatoms. The van der Waals surface area contributed by atoms with Crippen molar-refractivity contribution in [3.63, 3.8) is 0 Å². The third-order valence-electron chi connectivity index (χ3n) is 5.58. The van der Waals surface area contributed by atoms with Gasteiger partial charge in [0.2, 0.25) is 5.91 Å². The molecule has 2 unspecified atom stereocenters. The molecule has 4 heterocycles. The van der Waals surface area contributed by atoms with Gasteiger partial charge in [0.05, 0.1) is 10.9 Å². The third kappa shape index (κ3) is 4.03. The summed E-state index contributed by atoms with van der Waals surface area (Å²) in [5.41, 5.74) is 0. The van der Waals surface area contributed by atoms with Crippen LogP contribution in [0.25, 0.3) is 0 Å². The van der Waals surface area contributed by atoms with Crippen LogP contribution >= 0.6 is 22.7 Å². The molecule has 2 atom stereocenters. The van der Waals surface area contributed by atoms with Gasteiger partial charge in [-0.3, -0.25) is 4.79 Å². The predicted molar refractivity (Wildman–Crippen MR) is 111 cm³/mol. The minimum atomic E-state index is -3.51. The molecule has 2 aromatic rings. The SMILES string of the molecule is Cc1ccc(S(=O)(=O)N2CCCC(C(=O)N3CCCC(c4nccs4)C3)C2)s1. The van der Waals surface area contributed by atoms with Crippen LogP contribution in [0.3, 0.4) is 0 Å². The number of carbonyl (C=O) groups excluding carboxylic acids is 1. The number of amides is 1. The first kappa shape index (κ1) is 20.0. The van der Waals surface area contributed by atoms with Gasteiger partial charge in [0, 0.05) is 48.6 Å². The van der Waals surface area contributed by atoms with Crippen molar-refractivity contribution in [3.05, 3.63) is 33.6 Å². The molecule has 28 heavy (non-hydrogen) atoms. The van der Waals surface area contributed by atoms with Crippen LogP contribution in [0.5, 0.6) is 0 Å². The summed E-state index contributed by atoms with van der Waals surface area (Å²) in [4.78, 5) is 20.5. The number of aryl methyl sites for hydroxylation is 1. The molecule has 0 saturated carbocycles. The molecular weight excluding hydrogens is 414 g/mol. The Morgan fingerprint density at radius 2 is 2.00 bits per heavy atom. The Morgan fingerprint density at radius 1 is 1.18 bits per heavy atom. The van der Waals surface area contributed by atoms with Crippen molar-refractivity contribution in [1.29, 1.82) is 0 Å². The molecule has 2 aliphatic heterocycles. The van der Waals surface area contributed by atoms with E-state index in [9.17, 15) is 13.2 Å². The lowest BCUT2D eigenvalue weighted by molar-refractivity contribution is -0.137. The van der Waals surface area contributed by atoms with E-state index in [4.69, 9.17) is 0 Å². The molecule has 2 aliphatic rings. The van der Waals surface area contributed by atoms with E-state index in [0.29, 0.717) is 23.2 Å². The number of hydrogen-bond donors (Lipinski definition) is 0. The summed E-state index contributed by atoms with van der Waals surface area (Å²) in [6.07, 6.45) is 5.33. The Kier molecular flexibility index (Phi) is 5.87. The van der Waals surface area contributed by atoms with Gasteiger partial charge in [0.1, 0.15) is 4.21 Å². The maximum atomic E-state index is 13.2. The Morgan fingerprint density at radius 3 is 2.71 bits per heavy atom. The van der Waals surface area contributed by atoms with Gasteiger partial charge in [0.15, 0.2) is 0 Å². The molecule has 0 aromatic carbocycles. The van der Waals surface area contributed by atoms with Gasteiger partial charge in [-0.2, -0.15) is 4.31 Å². The molecular formula is C19H25N3O3S3. The minimum absolute atomic E-state index is 0.100. The fourth-order valence-corrected chi connectivity index (χ4v) is 7.84. The number of thiazole rings is 1. The number of piperidine rings is 2. The zero-order valence-electron chi connectivity index (χ0n) is 15.9. The molecule has 2 aromatic heterocycles. The molecule has 0 bridgehead atoms. The lowest BCUT2D eigenvalue weighted by atomic mass is 9.94. The van der Waals surface area contributed by atoms with Gasteiger partial charge in [-0.15, -0.1) is 22.7 Å². The molecule has 0 N–H and O–H groups in total. The summed E-state index contributed by atoms with van der Waals surface area (Å²) in [7, 11) is -3.51. The largest absolute Gasteiger partial charge is 0.342 e. The van der Waals surface area contributed by atoms with E-state index in [1.54, 1.807) is 17.4 Å². The number of rotatable bonds is 4. The van der Waals surface area contributed by atoms with E-state index in [1.807, 2.05) is 29.5 Å². The highest BCUT2D eigenvalue weighted by Crippen LogP contribution is 2.32. The van der Waals surface area contributed by atoms with Crippen molar-refractivity contribution in [2.24, 2.45) is 5.92 Å². The summed E-state index contributed by atoms with van der Waals surface area (Å²) in [5, 5.41) is 3.07. The first-order valence-corrected chi connectivity index (χ1v) is 12.8. The molecule has 4 rings (SSSR count). The average Bonchev–Trinajstić information content (AvgIpc) is 3.40. The number of nitrogens with zero attached hydrogens (tertiary/aromatic N) is 3. The normalized spacial score (nSPS) is 24.4. The molecule has 152 valence electrons. The summed E-state index contributed by atoms with van der Waals surface area (Å²) in [6.45, 7) is 4.14. The average molecular weight is 440 g/mol. The second-order valence-electron chi connectivity index (χ2n) is 7.56. The maximum absolute atomic E-state index is 13.2. The molecule has 6 nitrogen and oxygen atoms in total. The van der Waals surface area contributed by atoms with E-state index >= 15 is 0 Å². The van der Waals surface area contributed by atoms with Gasteiger partial charge < -0.3 is 4.90 Å². The van der Waals surface area contributed by atoms with Crippen LogP contribution in [0.2, 0.25) is 0 Å². The van der Waals surface area contributed by atoms with Crippen molar-refractivity contribution < 1.29 is 13.2 Å². The van der Waals surface area contributed by atoms with E-state index in [2.05, 4.69) is 4.98 Å². The van der Waals surface area contributed by atoms with E-state index in [-0.39, 0.29) is 18.4 Å². The quantitative estimate of drug-likeness (QED) is 0.733.